The van der Waals surface area contributed by atoms with Crippen LogP contribution in [0.5, 0.6) is 0 Å². The van der Waals surface area contributed by atoms with Gasteiger partial charge in [0, 0.05) is 48.2 Å². The molecule has 0 bridgehead atoms. The second-order valence-corrected chi connectivity index (χ2v) is 9.03. The quantitative estimate of drug-likeness (QED) is 0.522. The summed E-state index contributed by atoms with van der Waals surface area (Å²) in [6, 6.07) is 11.6. The van der Waals surface area contributed by atoms with E-state index in [1.807, 2.05) is 31.0 Å². The molecule has 4 rings (SSSR count). The average Bonchev–Trinajstić information content (AvgIpc) is 3.29. The molecule has 1 aliphatic rings. The van der Waals surface area contributed by atoms with Gasteiger partial charge in [-0.1, -0.05) is 30.1 Å². The van der Waals surface area contributed by atoms with Crippen molar-refractivity contribution in [3.05, 3.63) is 68.3 Å². The number of carbonyl (C=O) groups is 1. The number of rotatable bonds is 3. The lowest BCUT2D eigenvalue weighted by molar-refractivity contribution is 0.0788. The summed E-state index contributed by atoms with van der Waals surface area (Å²) in [5.41, 5.74) is 4.96. The van der Waals surface area contributed by atoms with Crippen molar-refractivity contribution in [3.63, 3.8) is 0 Å². The Labute approximate surface area is 186 Å². The first-order valence-electron chi connectivity index (χ1n) is 10.0. The Bertz CT molecular complexity index is 1210. The zero-order chi connectivity index (χ0) is 21.6. The zero-order valence-corrected chi connectivity index (χ0v) is 18.8. The highest BCUT2D eigenvalue weighted by molar-refractivity contribution is 6.38. The molecule has 0 saturated carbocycles. The molecular formula is C24H23Cl2N3O. The van der Waals surface area contributed by atoms with Crippen LogP contribution in [0.3, 0.4) is 0 Å². The van der Waals surface area contributed by atoms with Crippen molar-refractivity contribution in [3.8, 4) is 6.07 Å². The normalized spacial score (nSPS) is 16.3. The number of nitriles is 1. The van der Waals surface area contributed by atoms with Crippen LogP contribution in [-0.2, 0) is 13.5 Å². The van der Waals surface area contributed by atoms with E-state index in [4.69, 9.17) is 23.2 Å². The van der Waals surface area contributed by atoms with Gasteiger partial charge >= 0.3 is 0 Å². The molecule has 0 radical (unpaired) electrons. The molecule has 4 nitrogen and oxygen atoms in total. The summed E-state index contributed by atoms with van der Waals surface area (Å²) < 4.78 is 2.06. The number of amides is 1. The minimum atomic E-state index is -0.0335. The van der Waals surface area contributed by atoms with Gasteiger partial charge in [-0.25, -0.2) is 0 Å². The summed E-state index contributed by atoms with van der Waals surface area (Å²) in [5.74, 6) is 0.477. The zero-order valence-electron chi connectivity index (χ0n) is 17.3. The molecule has 1 aromatic heterocycles. The fraction of sp³-hybridized carbons (Fsp3) is 0.333. The second kappa shape index (κ2) is 7.98. The fourth-order valence-electron chi connectivity index (χ4n) is 4.29. The van der Waals surface area contributed by atoms with Crippen molar-refractivity contribution in [2.45, 2.75) is 26.7 Å². The van der Waals surface area contributed by atoms with E-state index in [0.29, 0.717) is 33.5 Å². The average molecular weight is 440 g/mol. The van der Waals surface area contributed by atoms with Gasteiger partial charge in [-0.15, -0.1) is 0 Å². The summed E-state index contributed by atoms with van der Waals surface area (Å²) in [5, 5.41) is 11.4. The molecule has 3 aromatic rings. The van der Waals surface area contributed by atoms with Crippen molar-refractivity contribution in [1.82, 2.24) is 9.47 Å². The van der Waals surface area contributed by atoms with Crippen molar-refractivity contribution in [1.29, 1.82) is 5.26 Å². The number of aromatic nitrogens is 1. The van der Waals surface area contributed by atoms with E-state index in [-0.39, 0.29) is 5.91 Å². The van der Waals surface area contributed by atoms with Gasteiger partial charge in [0.1, 0.15) is 0 Å². The number of halogens is 2. The van der Waals surface area contributed by atoms with E-state index in [0.717, 1.165) is 47.2 Å². The maximum absolute atomic E-state index is 13.0. The Morgan fingerprint density at radius 2 is 2.03 bits per heavy atom. The number of benzene rings is 2. The first-order chi connectivity index (χ1) is 14.3. The van der Waals surface area contributed by atoms with E-state index in [2.05, 4.69) is 23.6 Å². The third-order valence-corrected chi connectivity index (χ3v) is 6.87. The summed E-state index contributed by atoms with van der Waals surface area (Å²) in [4.78, 5) is 14.9. The molecule has 6 heteroatoms. The standard InChI is InChI=1S/C24H23Cl2N3O/c1-14-6-7-29(13-14)24(30)18-4-5-21(25)20(23(18)26)11-17-10-19-15(2)8-16(12-27)9-22(19)28(17)3/h4-5,8-10,14H,6-7,11,13H2,1-3H3/t14-/m0/s1. The van der Waals surface area contributed by atoms with Gasteiger partial charge in [0.2, 0.25) is 0 Å². The molecule has 1 atom stereocenters. The summed E-state index contributed by atoms with van der Waals surface area (Å²) >= 11 is 13.2. The highest BCUT2D eigenvalue weighted by atomic mass is 35.5. The van der Waals surface area contributed by atoms with Crippen LogP contribution in [-0.4, -0.2) is 28.5 Å². The van der Waals surface area contributed by atoms with E-state index in [1.54, 1.807) is 12.1 Å². The molecule has 1 aliphatic heterocycles. The topological polar surface area (TPSA) is 49.0 Å². The first kappa shape index (κ1) is 20.8. The highest BCUT2D eigenvalue weighted by Crippen LogP contribution is 2.34. The van der Waals surface area contributed by atoms with Crippen LogP contribution in [0, 0.1) is 24.2 Å². The van der Waals surface area contributed by atoms with Crippen molar-refractivity contribution < 1.29 is 4.79 Å². The third kappa shape index (κ3) is 3.57. The predicted molar refractivity (Wildman–Crippen MR) is 121 cm³/mol. The summed E-state index contributed by atoms with van der Waals surface area (Å²) in [6.07, 6.45) is 1.52. The van der Waals surface area contributed by atoms with Gasteiger partial charge in [-0.3, -0.25) is 4.79 Å². The van der Waals surface area contributed by atoms with E-state index in [1.165, 1.54) is 0 Å². The van der Waals surface area contributed by atoms with Crippen molar-refractivity contribution in [2.75, 3.05) is 13.1 Å². The molecule has 0 N–H and O–H groups in total. The van der Waals surface area contributed by atoms with Gasteiger partial charge in [-0.05, 0) is 60.7 Å². The van der Waals surface area contributed by atoms with Gasteiger partial charge in [-0.2, -0.15) is 5.26 Å². The number of hydrogen-bond donors (Lipinski definition) is 0. The monoisotopic (exact) mass is 439 g/mol. The van der Waals surface area contributed by atoms with Gasteiger partial charge in [0.05, 0.1) is 22.2 Å². The molecule has 2 aromatic carbocycles. The Balaban J connectivity index is 1.73. The molecule has 0 aliphatic carbocycles. The van der Waals surface area contributed by atoms with Crippen LogP contribution in [0.4, 0.5) is 0 Å². The smallest absolute Gasteiger partial charge is 0.255 e. The lowest BCUT2D eigenvalue weighted by atomic mass is 10.0. The Morgan fingerprint density at radius 3 is 2.70 bits per heavy atom. The van der Waals surface area contributed by atoms with E-state index >= 15 is 0 Å². The lowest BCUT2D eigenvalue weighted by Crippen LogP contribution is -2.28. The SMILES string of the molecule is Cc1cc(C#N)cc2c1cc(Cc1c(Cl)ccc(C(=O)N3CC[C@H](C)C3)c1Cl)n2C. The van der Waals surface area contributed by atoms with Gasteiger partial charge in [0.25, 0.3) is 5.91 Å². The van der Waals surface area contributed by atoms with Gasteiger partial charge < -0.3 is 9.47 Å². The van der Waals surface area contributed by atoms with Crippen LogP contribution in [0.2, 0.25) is 10.0 Å². The van der Waals surface area contributed by atoms with Crippen LogP contribution in [0.15, 0.2) is 30.3 Å². The maximum atomic E-state index is 13.0. The Kier molecular flexibility index (Phi) is 5.53. The molecule has 154 valence electrons. The molecule has 1 saturated heterocycles. The van der Waals surface area contributed by atoms with E-state index < -0.39 is 0 Å². The van der Waals surface area contributed by atoms with Crippen LogP contribution in [0.1, 0.15) is 46.1 Å². The number of carbonyl (C=O) groups excluding carboxylic acids is 1. The third-order valence-electron chi connectivity index (χ3n) is 6.08. The number of hydrogen-bond acceptors (Lipinski definition) is 2. The molecule has 1 fully saturated rings. The van der Waals surface area contributed by atoms with Crippen LogP contribution < -0.4 is 0 Å². The molecule has 30 heavy (non-hydrogen) atoms. The first-order valence-corrected chi connectivity index (χ1v) is 10.8. The fourth-order valence-corrected chi connectivity index (χ4v) is 4.88. The Morgan fingerprint density at radius 1 is 1.27 bits per heavy atom. The highest BCUT2D eigenvalue weighted by Gasteiger charge is 2.27. The number of aryl methyl sites for hydroxylation is 2. The number of nitrogens with zero attached hydrogens (tertiary/aromatic N) is 3. The summed E-state index contributed by atoms with van der Waals surface area (Å²) in [6.45, 7) is 5.68. The molecule has 2 heterocycles. The van der Waals surface area contributed by atoms with Crippen LogP contribution >= 0.6 is 23.2 Å². The minimum absolute atomic E-state index is 0.0335. The number of fused-ring (bicyclic) bond motifs is 1. The minimum Gasteiger partial charge on any atom is -0.347 e. The van der Waals surface area contributed by atoms with Crippen molar-refractivity contribution >= 4 is 40.0 Å². The van der Waals surface area contributed by atoms with Gasteiger partial charge in [0.15, 0.2) is 0 Å². The van der Waals surface area contributed by atoms with E-state index in [9.17, 15) is 10.1 Å². The maximum Gasteiger partial charge on any atom is 0.255 e. The molecule has 0 spiro atoms. The Hall–Kier alpha value is -2.48. The van der Waals surface area contributed by atoms with Crippen molar-refractivity contribution in [2.24, 2.45) is 13.0 Å². The van der Waals surface area contributed by atoms with Crippen LogP contribution in [0.25, 0.3) is 10.9 Å². The predicted octanol–water partition coefficient (Wildman–Crippen LogP) is 5.74. The molecular weight excluding hydrogens is 417 g/mol. The molecule has 1 amide bonds. The lowest BCUT2D eigenvalue weighted by Gasteiger charge is -2.18. The largest absolute Gasteiger partial charge is 0.347 e. The molecule has 0 unspecified atom stereocenters. The summed E-state index contributed by atoms with van der Waals surface area (Å²) in [7, 11) is 1.97. The number of likely N-dealkylation sites (tertiary alicyclic amines) is 1. The second-order valence-electron chi connectivity index (χ2n) is 8.24.